The monoisotopic (exact) mass is 204 g/mol. The van der Waals surface area contributed by atoms with Crippen molar-refractivity contribution in [2.24, 2.45) is 0 Å². The Morgan fingerprint density at radius 3 is 2.23 bits per heavy atom. The second-order valence-electron chi connectivity index (χ2n) is 2.47. The highest BCUT2D eigenvalue weighted by Crippen LogP contribution is 1.97. The van der Waals surface area contributed by atoms with Gasteiger partial charge in [0.1, 0.15) is 0 Å². The fraction of sp³-hybridized carbons (Fsp3) is 0.286. The van der Waals surface area contributed by atoms with Gasteiger partial charge in [-0.2, -0.15) is 0 Å². The Labute approximate surface area is 77.4 Å². The molecule has 3 N–H and O–H groups in total. The smallest absolute Gasteiger partial charge is 0.272 e. The van der Waals surface area contributed by atoms with E-state index in [0.29, 0.717) is 6.26 Å². The summed E-state index contributed by atoms with van der Waals surface area (Å²) in [6.45, 7) is 1.96. The maximum atomic E-state index is 9.08. The van der Waals surface area contributed by atoms with Crippen molar-refractivity contribution in [2.45, 2.75) is 6.92 Å². The normalized spacial score (nSPS) is 10.1. The molecule has 5 nitrogen and oxygen atoms in total. The number of nitrogen functional groups attached to an aromatic ring is 1. The molecule has 0 unspecified atom stereocenters. The lowest BCUT2D eigenvalue weighted by Gasteiger charge is -1.90. The molecular formula is C7H12N2O3S. The van der Waals surface area contributed by atoms with Gasteiger partial charge in [-0.3, -0.25) is 5.73 Å². The number of hydrogen-bond acceptors (Lipinski definition) is 4. The molecule has 0 aliphatic heterocycles. The van der Waals surface area contributed by atoms with Crippen molar-refractivity contribution in [3.8, 4) is 0 Å². The number of nitrogens with one attached hydrogen (secondary N) is 1. The van der Waals surface area contributed by atoms with Crippen LogP contribution in [-0.4, -0.2) is 19.2 Å². The standard InChI is InChI=1S/C6H8N2.CH4O3S/c1-5-3-2-4-8-6(5)7;1-5(2,3)4/h2-4H,1H3,(H2,7,8);1H3,(H,2,3,4). The minimum absolute atomic E-state index is 0.604. The number of hydrogen-bond donors (Lipinski definition) is 1. The molecule has 1 aromatic rings. The first-order chi connectivity index (χ1) is 5.80. The van der Waals surface area contributed by atoms with Crippen LogP contribution in [0.15, 0.2) is 18.3 Å². The minimum Gasteiger partial charge on any atom is -0.748 e. The van der Waals surface area contributed by atoms with Crippen LogP contribution in [0.5, 0.6) is 0 Å². The minimum atomic E-state index is -3.92. The van der Waals surface area contributed by atoms with E-state index in [1.807, 2.05) is 25.3 Å². The van der Waals surface area contributed by atoms with E-state index in [9.17, 15) is 0 Å². The molecule has 0 fully saturated rings. The summed E-state index contributed by atoms with van der Waals surface area (Å²) in [5, 5.41) is 0. The lowest BCUT2D eigenvalue weighted by Crippen LogP contribution is -2.09. The third-order valence-corrected chi connectivity index (χ3v) is 1.11. The van der Waals surface area contributed by atoms with E-state index in [1.165, 1.54) is 0 Å². The van der Waals surface area contributed by atoms with Crippen molar-refractivity contribution in [3.63, 3.8) is 0 Å². The predicted molar refractivity (Wildman–Crippen MR) is 47.8 cm³/mol. The van der Waals surface area contributed by atoms with Crippen molar-refractivity contribution in [1.29, 1.82) is 0 Å². The van der Waals surface area contributed by atoms with Crippen LogP contribution >= 0.6 is 0 Å². The summed E-state index contributed by atoms with van der Waals surface area (Å²) in [5.74, 6) is 0.743. The Morgan fingerprint density at radius 1 is 1.54 bits per heavy atom. The van der Waals surface area contributed by atoms with Gasteiger partial charge in [0.15, 0.2) is 0 Å². The number of aromatic amines is 1. The Kier molecular flexibility index (Phi) is 4.36. The predicted octanol–water partition coefficient (Wildman–Crippen LogP) is -0.447. The van der Waals surface area contributed by atoms with Crippen molar-refractivity contribution in [3.05, 3.63) is 23.9 Å². The summed E-state index contributed by atoms with van der Waals surface area (Å²) in [7, 11) is -3.92. The summed E-state index contributed by atoms with van der Waals surface area (Å²) >= 11 is 0. The van der Waals surface area contributed by atoms with Crippen molar-refractivity contribution in [1.82, 2.24) is 0 Å². The third kappa shape index (κ3) is 8.77. The molecular weight excluding hydrogens is 192 g/mol. The zero-order valence-corrected chi connectivity index (χ0v) is 8.26. The number of nitrogens with two attached hydrogens (primary N) is 1. The van der Waals surface area contributed by atoms with Crippen LogP contribution in [0.2, 0.25) is 0 Å². The molecule has 0 amide bonds. The SMILES string of the molecule is CS(=O)(=O)[O-].Cc1ccc[nH+]c1N. The van der Waals surface area contributed by atoms with E-state index in [2.05, 4.69) is 4.98 Å². The summed E-state index contributed by atoms with van der Waals surface area (Å²) in [5.41, 5.74) is 6.55. The lowest BCUT2D eigenvalue weighted by molar-refractivity contribution is -0.360. The fourth-order valence-electron chi connectivity index (χ4n) is 0.534. The molecule has 0 saturated heterocycles. The largest absolute Gasteiger partial charge is 0.748 e. The lowest BCUT2D eigenvalue weighted by atomic mass is 10.3. The zero-order chi connectivity index (χ0) is 10.5. The molecule has 0 atom stereocenters. The van der Waals surface area contributed by atoms with E-state index in [4.69, 9.17) is 18.7 Å². The molecule has 0 saturated carbocycles. The highest BCUT2D eigenvalue weighted by atomic mass is 32.2. The molecule has 0 aliphatic carbocycles. The molecule has 0 bridgehead atoms. The van der Waals surface area contributed by atoms with Crippen LogP contribution < -0.4 is 10.7 Å². The fourth-order valence-corrected chi connectivity index (χ4v) is 0.534. The van der Waals surface area contributed by atoms with Crippen LogP contribution in [-0.2, 0) is 10.1 Å². The van der Waals surface area contributed by atoms with Crippen molar-refractivity contribution >= 4 is 15.9 Å². The van der Waals surface area contributed by atoms with Gasteiger partial charge in [0.05, 0.1) is 16.3 Å². The second-order valence-corrected chi connectivity index (χ2v) is 3.88. The van der Waals surface area contributed by atoms with Crippen LogP contribution in [0, 0.1) is 6.92 Å². The van der Waals surface area contributed by atoms with Gasteiger partial charge in [0.25, 0.3) is 5.82 Å². The Hall–Kier alpha value is -1.14. The van der Waals surface area contributed by atoms with Crippen molar-refractivity contribution in [2.75, 3.05) is 12.0 Å². The summed E-state index contributed by atoms with van der Waals surface area (Å²) in [6.07, 6.45) is 2.41. The Balaban J connectivity index is 0.000000252. The Bertz CT molecular complexity index is 333. The number of rotatable bonds is 0. The van der Waals surface area contributed by atoms with Gasteiger partial charge in [-0.05, 0) is 19.1 Å². The first-order valence-electron chi connectivity index (χ1n) is 3.44. The van der Waals surface area contributed by atoms with E-state index >= 15 is 0 Å². The highest BCUT2D eigenvalue weighted by Gasteiger charge is 1.92. The molecule has 1 aromatic heterocycles. The highest BCUT2D eigenvalue weighted by molar-refractivity contribution is 7.84. The number of anilines is 1. The van der Waals surface area contributed by atoms with E-state index in [-0.39, 0.29) is 0 Å². The molecule has 1 heterocycles. The van der Waals surface area contributed by atoms with Gasteiger partial charge < -0.3 is 4.55 Å². The summed E-state index contributed by atoms with van der Waals surface area (Å²) < 4.78 is 27.2. The first-order valence-corrected chi connectivity index (χ1v) is 5.26. The van der Waals surface area contributed by atoms with E-state index < -0.39 is 10.1 Å². The molecule has 0 aromatic carbocycles. The average molecular weight is 204 g/mol. The van der Waals surface area contributed by atoms with Gasteiger partial charge >= 0.3 is 0 Å². The quantitative estimate of drug-likeness (QED) is 0.579. The van der Waals surface area contributed by atoms with E-state index in [0.717, 1.165) is 11.4 Å². The van der Waals surface area contributed by atoms with Gasteiger partial charge in [-0.25, -0.2) is 13.4 Å². The number of pyridine rings is 1. The topological polar surface area (TPSA) is 97.4 Å². The zero-order valence-electron chi connectivity index (χ0n) is 7.44. The van der Waals surface area contributed by atoms with Gasteiger partial charge in [-0.1, -0.05) is 0 Å². The second kappa shape index (κ2) is 4.78. The van der Waals surface area contributed by atoms with Crippen LogP contribution in [0.3, 0.4) is 0 Å². The van der Waals surface area contributed by atoms with Crippen LogP contribution in [0.4, 0.5) is 5.82 Å². The maximum Gasteiger partial charge on any atom is 0.272 e. The Morgan fingerprint density at radius 2 is 2.00 bits per heavy atom. The van der Waals surface area contributed by atoms with Gasteiger partial charge in [0.2, 0.25) is 0 Å². The van der Waals surface area contributed by atoms with Gasteiger partial charge in [0, 0.05) is 11.8 Å². The third-order valence-electron chi connectivity index (χ3n) is 1.11. The molecule has 74 valence electrons. The molecule has 0 spiro atoms. The van der Waals surface area contributed by atoms with Gasteiger partial charge in [-0.15, -0.1) is 0 Å². The molecule has 6 heteroatoms. The number of aryl methyl sites for hydroxylation is 1. The average Bonchev–Trinajstić information content (AvgIpc) is 1.92. The first kappa shape index (κ1) is 11.9. The molecule has 1 rings (SSSR count). The number of H-pyrrole nitrogens is 1. The van der Waals surface area contributed by atoms with Crippen LogP contribution in [0.25, 0.3) is 0 Å². The van der Waals surface area contributed by atoms with Crippen LogP contribution in [0.1, 0.15) is 5.56 Å². The van der Waals surface area contributed by atoms with E-state index in [1.54, 1.807) is 0 Å². The molecule has 0 aliphatic rings. The maximum absolute atomic E-state index is 9.08. The van der Waals surface area contributed by atoms with Crippen molar-refractivity contribution < 1.29 is 18.0 Å². The molecule has 0 radical (unpaired) electrons. The summed E-state index contributed by atoms with van der Waals surface area (Å²) in [6, 6.07) is 3.89. The number of aromatic nitrogens is 1. The molecule has 13 heavy (non-hydrogen) atoms. The summed E-state index contributed by atoms with van der Waals surface area (Å²) in [4.78, 5) is 2.88.